The van der Waals surface area contributed by atoms with Crippen LogP contribution in [0.5, 0.6) is 5.75 Å². The van der Waals surface area contributed by atoms with E-state index in [2.05, 4.69) is 5.32 Å². The van der Waals surface area contributed by atoms with Crippen LogP contribution < -0.4 is 5.32 Å². The number of aliphatic carboxylic acids is 1. The Hall–Kier alpha value is -1.30. The van der Waals surface area contributed by atoms with Gasteiger partial charge in [-0.2, -0.15) is 0 Å². The molecule has 1 fully saturated rings. The van der Waals surface area contributed by atoms with E-state index in [-0.39, 0.29) is 5.75 Å². The molecule has 1 atom stereocenters. The normalized spacial score (nSPS) is 20.8. The van der Waals surface area contributed by atoms with Crippen molar-refractivity contribution in [2.75, 3.05) is 19.6 Å². The third-order valence-corrected chi connectivity index (χ3v) is 3.29. The van der Waals surface area contributed by atoms with Crippen molar-refractivity contribution in [2.45, 2.75) is 12.6 Å². The molecule has 1 aromatic rings. The van der Waals surface area contributed by atoms with Crippen LogP contribution in [0.3, 0.4) is 0 Å². The predicted octanol–water partition coefficient (Wildman–Crippen LogP) is 0.904. The van der Waals surface area contributed by atoms with Crippen molar-refractivity contribution in [1.82, 2.24) is 10.2 Å². The van der Waals surface area contributed by atoms with Gasteiger partial charge in [0.2, 0.25) is 0 Å². The van der Waals surface area contributed by atoms with Crippen molar-refractivity contribution in [2.24, 2.45) is 0 Å². The lowest BCUT2D eigenvalue weighted by Gasteiger charge is -2.33. The minimum atomic E-state index is -0.858. The zero-order valence-corrected chi connectivity index (χ0v) is 10.5. The number of nitrogens with zero attached hydrogens (tertiary/aromatic N) is 1. The molecule has 1 heterocycles. The molecule has 0 radical (unpaired) electrons. The number of halogens is 1. The van der Waals surface area contributed by atoms with E-state index in [4.69, 9.17) is 16.7 Å². The van der Waals surface area contributed by atoms with Crippen molar-refractivity contribution in [3.05, 3.63) is 28.8 Å². The molecule has 0 aromatic heterocycles. The summed E-state index contributed by atoms with van der Waals surface area (Å²) < 4.78 is 0. The van der Waals surface area contributed by atoms with Gasteiger partial charge in [-0.3, -0.25) is 9.69 Å². The van der Waals surface area contributed by atoms with Crippen molar-refractivity contribution < 1.29 is 15.0 Å². The minimum absolute atomic E-state index is 0.141. The Labute approximate surface area is 110 Å². The molecule has 1 unspecified atom stereocenters. The summed E-state index contributed by atoms with van der Waals surface area (Å²) in [7, 11) is 0. The summed E-state index contributed by atoms with van der Waals surface area (Å²) in [4.78, 5) is 13.0. The summed E-state index contributed by atoms with van der Waals surface area (Å²) >= 11 is 5.88. The highest BCUT2D eigenvalue weighted by Crippen LogP contribution is 2.23. The highest BCUT2D eigenvalue weighted by molar-refractivity contribution is 6.30. The van der Waals surface area contributed by atoms with Gasteiger partial charge in [-0.1, -0.05) is 11.6 Å². The standard InChI is InChI=1S/C12H15ClN2O3/c13-9-1-2-11(16)8(5-9)7-15-4-3-14-6-10(15)12(17)18/h1-2,5,10,14,16H,3-4,6-7H2,(H,17,18). The van der Waals surface area contributed by atoms with Crippen LogP contribution in [-0.2, 0) is 11.3 Å². The van der Waals surface area contributed by atoms with Gasteiger partial charge in [0.25, 0.3) is 0 Å². The lowest BCUT2D eigenvalue weighted by atomic mass is 10.1. The highest BCUT2D eigenvalue weighted by atomic mass is 35.5. The van der Waals surface area contributed by atoms with E-state index in [0.717, 1.165) is 6.54 Å². The molecular weight excluding hydrogens is 256 g/mol. The second-order valence-corrected chi connectivity index (χ2v) is 4.74. The minimum Gasteiger partial charge on any atom is -0.508 e. The number of phenolic OH excluding ortho intramolecular Hbond substituents is 1. The first kappa shape index (κ1) is 13.1. The number of rotatable bonds is 3. The monoisotopic (exact) mass is 270 g/mol. The molecule has 3 N–H and O–H groups in total. The molecule has 98 valence electrons. The Morgan fingerprint density at radius 3 is 3.06 bits per heavy atom. The number of carbonyl (C=O) groups is 1. The topological polar surface area (TPSA) is 72.8 Å². The Kier molecular flexibility index (Phi) is 4.06. The highest BCUT2D eigenvalue weighted by Gasteiger charge is 2.28. The van der Waals surface area contributed by atoms with E-state index in [0.29, 0.717) is 30.2 Å². The van der Waals surface area contributed by atoms with Gasteiger partial charge in [-0.15, -0.1) is 0 Å². The molecule has 0 saturated carbocycles. The van der Waals surface area contributed by atoms with Crippen LogP contribution in [0.25, 0.3) is 0 Å². The zero-order valence-electron chi connectivity index (χ0n) is 9.77. The molecule has 1 aliphatic rings. The maximum Gasteiger partial charge on any atom is 0.322 e. The molecule has 2 rings (SSSR count). The Balaban J connectivity index is 2.15. The number of aromatic hydroxyl groups is 1. The van der Waals surface area contributed by atoms with E-state index in [1.165, 1.54) is 6.07 Å². The number of phenols is 1. The van der Waals surface area contributed by atoms with E-state index in [1.807, 2.05) is 4.90 Å². The van der Waals surface area contributed by atoms with Gasteiger partial charge in [0, 0.05) is 36.8 Å². The summed E-state index contributed by atoms with van der Waals surface area (Å²) in [6, 6.07) is 4.22. The summed E-state index contributed by atoms with van der Waals surface area (Å²) in [5, 5.41) is 22.5. The largest absolute Gasteiger partial charge is 0.508 e. The number of carboxylic acids is 1. The van der Waals surface area contributed by atoms with E-state index >= 15 is 0 Å². The van der Waals surface area contributed by atoms with Gasteiger partial charge in [0.1, 0.15) is 11.8 Å². The lowest BCUT2D eigenvalue weighted by molar-refractivity contribution is -0.144. The molecule has 18 heavy (non-hydrogen) atoms. The number of benzene rings is 1. The molecule has 0 spiro atoms. The summed E-state index contributed by atoms with van der Waals surface area (Å²) in [6.07, 6.45) is 0. The third kappa shape index (κ3) is 2.93. The van der Waals surface area contributed by atoms with Crippen molar-refractivity contribution in [1.29, 1.82) is 0 Å². The van der Waals surface area contributed by atoms with Crippen molar-refractivity contribution in [3.8, 4) is 5.75 Å². The number of carboxylic acid groups (broad SMARTS) is 1. The molecule has 0 aliphatic carbocycles. The van der Waals surface area contributed by atoms with Gasteiger partial charge in [-0.05, 0) is 18.2 Å². The molecule has 1 aliphatic heterocycles. The quantitative estimate of drug-likeness (QED) is 0.761. The number of piperazine rings is 1. The van der Waals surface area contributed by atoms with E-state index < -0.39 is 12.0 Å². The fourth-order valence-corrected chi connectivity index (χ4v) is 2.27. The number of hydrogen-bond acceptors (Lipinski definition) is 4. The van der Waals surface area contributed by atoms with Gasteiger partial charge < -0.3 is 15.5 Å². The summed E-state index contributed by atoms with van der Waals surface area (Å²) in [6.45, 7) is 2.16. The maximum absolute atomic E-state index is 11.1. The fourth-order valence-electron chi connectivity index (χ4n) is 2.08. The van der Waals surface area contributed by atoms with Gasteiger partial charge >= 0.3 is 5.97 Å². The second-order valence-electron chi connectivity index (χ2n) is 4.30. The van der Waals surface area contributed by atoms with Crippen LogP contribution in [0, 0.1) is 0 Å². The number of hydrogen-bond donors (Lipinski definition) is 3. The average Bonchev–Trinajstić information content (AvgIpc) is 2.34. The lowest BCUT2D eigenvalue weighted by Crippen LogP contribution is -2.54. The average molecular weight is 271 g/mol. The first-order chi connectivity index (χ1) is 8.58. The van der Waals surface area contributed by atoms with Crippen LogP contribution in [0.2, 0.25) is 5.02 Å². The Morgan fingerprint density at radius 1 is 1.56 bits per heavy atom. The first-order valence-electron chi connectivity index (χ1n) is 5.73. The van der Waals surface area contributed by atoms with Crippen LogP contribution >= 0.6 is 11.6 Å². The van der Waals surface area contributed by atoms with Crippen molar-refractivity contribution in [3.63, 3.8) is 0 Å². The summed E-state index contributed by atoms with van der Waals surface area (Å²) in [5.74, 6) is -0.717. The second kappa shape index (κ2) is 5.56. The van der Waals surface area contributed by atoms with Crippen LogP contribution in [0.4, 0.5) is 0 Å². The predicted molar refractivity (Wildman–Crippen MR) is 67.8 cm³/mol. The molecular formula is C12H15ClN2O3. The molecule has 1 aromatic carbocycles. The summed E-state index contributed by atoms with van der Waals surface area (Å²) in [5.41, 5.74) is 0.649. The molecule has 5 nitrogen and oxygen atoms in total. The van der Waals surface area contributed by atoms with Crippen LogP contribution in [-0.4, -0.2) is 46.8 Å². The van der Waals surface area contributed by atoms with E-state index in [9.17, 15) is 9.90 Å². The van der Waals surface area contributed by atoms with Crippen molar-refractivity contribution >= 4 is 17.6 Å². The maximum atomic E-state index is 11.1. The van der Waals surface area contributed by atoms with Gasteiger partial charge in [0.15, 0.2) is 0 Å². The molecule has 0 bridgehead atoms. The third-order valence-electron chi connectivity index (χ3n) is 3.05. The first-order valence-corrected chi connectivity index (χ1v) is 6.10. The van der Waals surface area contributed by atoms with E-state index in [1.54, 1.807) is 12.1 Å². The van der Waals surface area contributed by atoms with Crippen LogP contribution in [0.1, 0.15) is 5.56 Å². The fraction of sp³-hybridized carbons (Fsp3) is 0.417. The zero-order chi connectivity index (χ0) is 13.1. The van der Waals surface area contributed by atoms with Crippen LogP contribution in [0.15, 0.2) is 18.2 Å². The Morgan fingerprint density at radius 2 is 2.33 bits per heavy atom. The molecule has 0 amide bonds. The molecule has 6 heteroatoms. The Bertz CT molecular complexity index is 453. The number of nitrogens with one attached hydrogen (secondary N) is 1. The smallest absolute Gasteiger partial charge is 0.322 e. The SMILES string of the molecule is O=C(O)C1CNCCN1Cc1cc(Cl)ccc1O. The van der Waals surface area contributed by atoms with Gasteiger partial charge in [0.05, 0.1) is 0 Å². The molecule has 1 saturated heterocycles. The van der Waals surface area contributed by atoms with Gasteiger partial charge in [-0.25, -0.2) is 0 Å².